The molecule has 1 aliphatic heterocycles. The van der Waals surface area contributed by atoms with Gasteiger partial charge in [-0.1, -0.05) is 36.8 Å². The number of fused-ring (bicyclic) bond motifs is 1. The molecule has 2 nitrogen and oxygen atoms in total. The van der Waals surface area contributed by atoms with E-state index in [9.17, 15) is 4.79 Å². The fraction of sp³-hybridized carbons (Fsp3) is 0.476. The van der Waals surface area contributed by atoms with Crippen molar-refractivity contribution in [2.24, 2.45) is 5.92 Å². The van der Waals surface area contributed by atoms with Crippen molar-refractivity contribution in [3.8, 4) is 0 Å². The second-order valence-electron chi connectivity index (χ2n) is 7.29. The zero-order valence-corrected chi connectivity index (χ0v) is 13.9. The van der Waals surface area contributed by atoms with E-state index in [0.717, 1.165) is 24.6 Å². The average Bonchev–Trinajstić information content (AvgIpc) is 2.53. The molecule has 1 aliphatic carbocycles. The lowest BCUT2D eigenvalue weighted by atomic mass is 9.85. The van der Waals surface area contributed by atoms with Crippen molar-refractivity contribution in [3.05, 3.63) is 47.5 Å². The molecule has 1 heterocycles. The molecule has 120 valence electrons. The number of piperidine rings is 1. The summed E-state index contributed by atoms with van der Waals surface area (Å²) in [6.07, 6.45) is 6.24. The molecule has 1 unspecified atom stereocenters. The Morgan fingerprint density at radius 2 is 1.96 bits per heavy atom. The third-order valence-electron chi connectivity index (χ3n) is 5.80. The quantitative estimate of drug-likeness (QED) is 0.773. The molecule has 0 amide bonds. The number of likely N-dealkylation sites (tertiary alicyclic amines) is 1. The smallest absolute Gasteiger partial charge is 0.167 e. The van der Waals surface area contributed by atoms with Crippen molar-refractivity contribution < 1.29 is 4.79 Å². The van der Waals surface area contributed by atoms with E-state index >= 15 is 0 Å². The van der Waals surface area contributed by atoms with Gasteiger partial charge in [0.15, 0.2) is 5.78 Å². The number of carbonyl (C=O) groups excluding carboxylic acids is 1. The zero-order chi connectivity index (χ0) is 15.8. The van der Waals surface area contributed by atoms with E-state index < -0.39 is 0 Å². The summed E-state index contributed by atoms with van der Waals surface area (Å²) >= 11 is 0. The van der Waals surface area contributed by atoms with E-state index in [4.69, 9.17) is 0 Å². The van der Waals surface area contributed by atoms with Crippen LogP contribution in [-0.2, 0) is 0 Å². The molecule has 2 aromatic rings. The lowest BCUT2D eigenvalue weighted by molar-refractivity contribution is 0.0612. The highest BCUT2D eigenvalue weighted by molar-refractivity contribution is 6.02. The average molecular weight is 307 g/mol. The molecule has 1 saturated heterocycles. The van der Waals surface area contributed by atoms with E-state index in [0.29, 0.717) is 5.78 Å². The van der Waals surface area contributed by atoms with Crippen LogP contribution in [0.4, 0.5) is 0 Å². The predicted octanol–water partition coefficient (Wildman–Crippen LogP) is 4.60. The highest BCUT2D eigenvalue weighted by Crippen LogP contribution is 2.31. The van der Waals surface area contributed by atoms with Crippen LogP contribution in [0.15, 0.2) is 36.4 Å². The van der Waals surface area contributed by atoms with E-state index in [-0.39, 0.29) is 5.92 Å². The molecule has 0 radical (unpaired) electrons. The van der Waals surface area contributed by atoms with Gasteiger partial charge in [-0.25, -0.2) is 0 Å². The summed E-state index contributed by atoms with van der Waals surface area (Å²) in [7, 11) is 0. The first kappa shape index (κ1) is 14.9. The van der Waals surface area contributed by atoms with Crippen molar-refractivity contribution in [3.63, 3.8) is 0 Å². The molecule has 0 spiro atoms. The van der Waals surface area contributed by atoms with E-state index in [2.05, 4.69) is 42.2 Å². The number of ketones is 1. The maximum atomic E-state index is 13.0. The number of benzene rings is 2. The van der Waals surface area contributed by atoms with Gasteiger partial charge in [-0.15, -0.1) is 0 Å². The summed E-state index contributed by atoms with van der Waals surface area (Å²) in [6.45, 7) is 4.27. The molecular formula is C21H25NO. The first-order valence-corrected chi connectivity index (χ1v) is 9.00. The topological polar surface area (TPSA) is 20.3 Å². The second-order valence-corrected chi connectivity index (χ2v) is 7.29. The molecule has 1 saturated carbocycles. The minimum absolute atomic E-state index is 0.186. The monoisotopic (exact) mass is 307 g/mol. The molecule has 4 rings (SSSR count). The zero-order valence-electron chi connectivity index (χ0n) is 13.9. The van der Waals surface area contributed by atoms with Crippen LogP contribution in [0.1, 0.15) is 48.0 Å². The summed E-state index contributed by atoms with van der Waals surface area (Å²) < 4.78 is 0. The van der Waals surface area contributed by atoms with Gasteiger partial charge in [0.2, 0.25) is 0 Å². The molecule has 2 fully saturated rings. The van der Waals surface area contributed by atoms with Crippen LogP contribution in [0.3, 0.4) is 0 Å². The van der Waals surface area contributed by atoms with Gasteiger partial charge in [0.1, 0.15) is 0 Å². The van der Waals surface area contributed by atoms with Gasteiger partial charge in [-0.2, -0.15) is 0 Å². The van der Waals surface area contributed by atoms with Crippen LogP contribution < -0.4 is 0 Å². The van der Waals surface area contributed by atoms with Crippen molar-refractivity contribution in [1.82, 2.24) is 4.90 Å². The molecule has 0 aromatic heterocycles. The molecule has 2 aromatic carbocycles. The van der Waals surface area contributed by atoms with Crippen molar-refractivity contribution >= 4 is 16.6 Å². The first-order chi connectivity index (χ1) is 11.2. The SMILES string of the molecule is Cc1cccc2ccc(C(=O)C3CCCN(C4CCC4)C3)cc12. The molecule has 0 bridgehead atoms. The maximum Gasteiger partial charge on any atom is 0.167 e. The van der Waals surface area contributed by atoms with Gasteiger partial charge in [0.05, 0.1) is 0 Å². The molecular weight excluding hydrogens is 282 g/mol. The Kier molecular flexibility index (Phi) is 3.94. The minimum Gasteiger partial charge on any atom is -0.300 e. The van der Waals surface area contributed by atoms with Gasteiger partial charge in [0.25, 0.3) is 0 Å². The number of nitrogens with zero attached hydrogens (tertiary/aromatic N) is 1. The van der Waals surface area contributed by atoms with Crippen LogP contribution in [0.5, 0.6) is 0 Å². The predicted molar refractivity (Wildman–Crippen MR) is 95.0 cm³/mol. The van der Waals surface area contributed by atoms with Crippen molar-refractivity contribution in [2.45, 2.75) is 45.1 Å². The Balaban J connectivity index is 1.57. The lowest BCUT2D eigenvalue weighted by Gasteiger charge is -2.42. The minimum atomic E-state index is 0.186. The highest BCUT2D eigenvalue weighted by atomic mass is 16.1. The van der Waals surface area contributed by atoms with Gasteiger partial charge >= 0.3 is 0 Å². The Hall–Kier alpha value is -1.67. The molecule has 2 heteroatoms. The summed E-state index contributed by atoms with van der Waals surface area (Å²) in [4.78, 5) is 15.6. The van der Waals surface area contributed by atoms with Crippen molar-refractivity contribution in [1.29, 1.82) is 0 Å². The number of carbonyl (C=O) groups is 1. The normalized spacial score (nSPS) is 22.9. The van der Waals surface area contributed by atoms with E-state index in [1.165, 1.54) is 48.6 Å². The molecule has 2 aliphatic rings. The summed E-state index contributed by atoms with van der Waals surface area (Å²) in [6, 6.07) is 13.3. The fourth-order valence-electron chi connectivity index (χ4n) is 4.12. The van der Waals surface area contributed by atoms with Crippen molar-refractivity contribution in [2.75, 3.05) is 13.1 Å². The second kappa shape index (κ2) is 6.09. The summed E-state index contributed by atoms with van der Waals surface area (Å²) in [5.41, 5.74) is 2.14. The van der Waals surface area contributed by atoms with Crippen LogP contribution in [0, 0.1) is 12.8 Å². The molecule has 1 atom stereocenters. The summed E-state index contributed by atoms with van der Waals surface area (Å²) in [5.74, 6) is 0.532. The largest absolute Gasteiger partial charge is 0.300 e. The van der Waals surface area contributed by atoms with Crippen LogP contribution in [-0.4, -0.2) is 29.8 Å². The fourth-order valence-corrected chi connectivity index (χ4v) is 4.12. The van der Waals surface area contributed by atoms with E-state index in [1.54, 1.807) is 0 Å². The Morgan fingerprint density at radius 3 is 2.74 bits per heavy atom. The first-order valence-electron chi connectivity index (χ1n) is 9.00. The summed E-state index contributed by atoms with van der Waals surface area (Å²) in [5, 5.41) is 2.44. The van der Waals surface area contributed by atoms with Crippen LogP contribution in [0.2, 0.25) is 0 Å². The third-order valence-corrected chi connectivity index (χ3v) is 5.80. The number of Topliss-reactive ketones (excluding diaryl/α,β-unsaturated/α-hetero) is 1. The third kappa shape index (κ3) is 2.81. The highest BCUT2D eigenvalue weighted by Gasteiger charge is 2.32. The van der Waals surface area contributed by atoms with Gasteiger partial charge < -0.3 is 0 Å². The number of hydrogen-bond donors (Lipinski definition) is 0. The number of rotatable bonds is 3. The number of hydrogen-bond acceptors (Lipinski definition) is 2. The molecule has 23 heavy (non-hydrogen) atoms. The Morgan fingerprint density at radius 1 is 1.09 bits per heavy atom. The Bertz CT molecular complexity index is 732. The van der Waals surface area contributed by atoms with E-state index in [1.807, 2.05) is 6.07 Å². The number of aryl methyl sites for hydroxylation is 1. The van der Waals surface area contributed by atoms with Crippen LogP contribution >= 0.6 is 0 Å². The van der Waals surface area contributed by atoms with Gasteiger partial charge in [0, 0.05) is 24.1 Å². The van der Waals surface area contributed by atoms with Gasteiger partial charge in [-0.05, 0) is 61.6 Å². The molecule has 0 N–H and O–H groups in total. The van der Waals surface area contributed by atoms with Gasteiger partial charge in [-0.3, -0.25) is 9.69 Å². The Labute approximate surface area is 138 Å². The maximum absolute atomic E-state index is 13.0. The standard InChI is InChI=1S/C21H25NO/c1-15-5-2-6-16-10-11-17(13-20(15)16)21(23)18-7-4-12-22(14-18)19-8-3-9-19/h2,5-6,10-11,13,18-19H,3-4,7-9,12,14H2,1H3. The van der Waals surface area contributed by atoms with Crippen LogP contribution in [0.25, 0.3) is 10.8 Å². The lowest BCUT2D eigenvalue weighted by Crippen LogP contribution is -2.47.